The Morgan fingerprint density at radius 3 is 2.54 bits per heavy atom. The van der Waals surface area contributed by atoms with Crippen molar-refractivity contribution in [1.29, 1.82) is 0 Å². The van der Waals surface area contributed by atoms with E-state index in [1.54, 1.807) is 11.8 Å². The summed E-state index contributed by atoms with van der Waals surface area (Å²) in [7, 11) is 1.31. The summed E-state index contributed by atoms with van der Waals surface area (Å²) in [5.41, 5.74) is 3.87. The van der Waals surface area contributed by atoms with E-state index in [-0.39, 0.29) is 0 Å². The van der Waals surface area contributed by atoms with Gasteiger partial charge in [-0.1, -0.05) is 52.3 Å². The second kappa shape index (κ2) is 12.5. The summed E-state index contributed by atoms with van der Waals surface area (Å²) in [6.45, 7) is 2.13. The third-order valence-electron chi connectivity index (χ3n) is 3.65. The van der Waals surface area contributed by atoms with Crippen LogP contribution in [0.2, 0.25) is 0 Å². The highest BCUT2D eigenvalue weighted by molar-refractivity contribution is 9.10. The van der Waals surface area contributed by atoms with E-state index in [0.29, 0.717) is 12.8 Å². The molecule has 2 rings (SSSR count). The van der Waals surface area contributed by atoms with Crippen LogP contribution >= 0.6 is 27.7 Å². The first-order chi connectivity index (χ1) is 12.5. The number of amides is 1. The summed E-state index contributed by atoms with van der Waals surface area (Å²) >= 11 is 5.11. The lowest BCUT2D eigenvalue weighted by Gasteiger charge is -2.11. The van der Waals surface area contributed by atoms with Crippen molar-refractivity contribution in [3.8, 4) is 11.1 Å². The number of rotatable bonds is 7. The molecule has 4 nitrogen and oxygen atoms in total. The van der Waals surface area contributed by atoms with Crippen LogP contribution < -0.4 is 5.32 Å². The number of halogens is 1. The molecular formula is C20H24BrNO3S. The average Bonchev–Trinajstić information content (AvgIpc) is 2.67. The van der Waals surface area contributed by atoms with Crippen LogP contribution in [0.1, 0.15) is 12.0 Å². The molecule has 140 valence electrons. The summed E-state index contributed by atoms with van der Waals surface area (Å²) < 4.78 is 5.62. The highest BCUT2D eigenvalue weighted by Crippen LogP contribution is 2.26. The van der Waals surface area contributed by atoms with Crippen molar-refractivity contribution >= 4 is 40.1 Å². The highest BCUT2D eigenvalue weighted by atomic mass is 79.9. The zero-order chi connectivity index (χ0) is 19.4. The van der Waals surface area contributed by atoms with Crippen LogP contribution in [0.15, 0.2) is 53.0 Å². The van der Waals surface area contributed by atoms with Crippen molar-refractivity contribution in [2.24, 2.45) is 0 Å². The Labute approximate surface area is 167 Å². The number of aryl methyl sites for hydroxylation is 1. The molecule has 0 saturated carbocycles. The van der Waals surface area contributed by atoms with Crippen molar-refractivity contribution in [3.05, 3.63) is 58.6 Å². The Morgan fingerprint density at radius 2 is 1.96 bits per heavy atom. The van der Waals surface area contributed by atoms with Gasteiger partial charge in [0.2, 0.25) is 6.41 Å². The van der Waals surface area contributed by atoms with Crippen LogP contribution in [-0.4, -0.2) is 37.5 Å². The monoisotopic (exact) mass is 437 g/mol. The zero-order valence-electron chi connectivity index (χ0n) is 15.2. The van der Waals surface area contributed by atoms with Crippen molar-refractivity contribution in [2.75, 3.05) is 19.1 Å². The first kappa shape index (κ1) is 22.3. The summed E-state index contributed by atoms with van der Waals surface area (Å²) in [5.74, 6) is 0.428. The smallest absolute Gasteiger partial charge is 0.328 e. The van der Waals surface area contributed by atoms with Gasteiger partial charge >= 0.3 is 5.97 Å². The van der Waals surface area contributed by atoms with E-state index in [2.05, 4.69) is 75.4 Å². The minimum absolute atomic E-state index is 0.392. The third kappa shape index (κ3) is 7.62. The number of nitrogens with one attached hydrogen (secondary N) is 1. The maximum atomic E-state index is 11.0. The Balaban J connectivity index is 0.000000265. The van der Waals surface area contributed by atoms with Crippen LogP contribution in [-0.2, 0) is 14.3 Å². The van der Waals surface area contributed by atoms with Crippen LogP contribution in [0.25, 0.3) is 11.1 Å². The van der Waals surface area contributed by atoms with Gasteiger partial charge in [0.25, 0.3) is 0 Å². The van der Waals surface area contributed by atoms with Gasteiger partial charge in [0.1, 0.15) is 6.04 Å². The topological polar surface area (TPSA) is 55.4 Å². The maximum Gasteiger partial charge on any atom is 0.328 e. The Hall–Kier alpha value is -1.79. The first-order valence-electron chi connectivity index (χ1n) is 8.11. The number of hydrogen-bond donors (Lipinski definition) is 1. The molecule has 1 amide bonds. The normalized spacial score (nSPS) is 10.9. The van der Waals surface area contributed by atoms with E-state index < -0.39 is 12.0 Å². The number of benzene rings is 2. The van der Waals surface area contributed by atoms with Gasteiger partial charge in [0, 0.05) is 4.47 Å². The first-order valence-corrected chi connectivity index (χ1v) is 10.3. The van der Waals surface area contributed by atoms with Crippen LogP contribution in [0.4, 0.5) is 0 Å². The number of ether oxygens (including phenoxy) is 1. The number of methoxy groups -OCH3 is 1. The lowest BCUT2D eigenvalue weighted by Crippen LogP contribution is -2.37. The van der Waals surface area contributed by atoms with Gasteiger partial charge in [-0.3, -0.25) is 4.79 Å². The molecule has 0 bridgehead atoms. The second-order valence-corrected chi connectivity index (χ2v) is 7.37. The number of hydrogen-bond acceptors (Lipinski definition) is 4. The molecule has 2 aromatic rings. The van der Waals surface area contributed by atoms with Crippen molar-refractivity contribution in [3.63, 3.8) is 0 Å². The van der Waals surface area contributed by atoms with Gasteiger partial charge < -0.3 is 10.1 Å². The molecule has 0 saturated heterocycles. The van der Waals surface area contributed by atoms with Crippen molar-refractivity contribution in [2.45, 2.75) is 19.4 Å². The van der Waals surface area contributed by atoms with E-state index in [9.17, 15) is 9.59 Å². The molecule has 0 spiro atoms. The minimum Gasteiger partial charge on any atom is -0.467 e. The lowest BCUT2D eigenvalue weighted by molar-refractivity contribution is -0.144. The minimum atomic E-state index is -0.500. The molecular weight excluding hydrogens is 414 g/mol. The average molecular weight is 438 g/mol. The molecule has 0 aliphatic carbocycles. The Bertz CT molecular complexity index is 695. The lowest BCUT2D eigenvalue weighted by atomic mass is 10.0. The largest absolute Gasteiger partial charge is 0.467 e. The number of carbonyl (C=O) groups is 2. The Kier molecular flexibility index (Phi) is 10.7. The van der Waals surface area contributed by atoms with E-state index >= 15 is 0 Å². The van der Waals surface area contributed by atoms with Crippen LogP contribution in [0.5, 0.6) is 0 Å². The SMILES string of the molecule is COC(=O)[C@H](CCSC)NC=O.Cc1ccc(Br)cc1-c1ccccc1. The number of esters is 1. The van der Waals surface area contributed by atoms with Gasteiger partial charge in [0.15, 0.2) is 0 Å². The molecule has 0 heterocycles. The predicted octanol–water partition coefficient (Wildman–Crippen LogP) is 4.45. The summed E-state index contributed by atoms with van der Waals surface area (Å²) in [6, 6.07) is 16.3. The van der Waals surface area contributed by atoms with Crippen molar-refractivity contribution < 1.29 is 14.3 Å². The summed E-state index contributed by atoms with van der Waals surface area (Å²) in [4.78, 5) is 21.0. The fraction of sp³-hybridized carbons (Fsp3) is 0.300. The van der Waals surface area contributed by atoms with Crippen LogP contribution in [0, 0.1) is 6.92 Å². The second-order valence-electron chi connectivity index (χ2n) is 5.47. The van der Waals surface area contributed by atoms with E-state index in [1.165, 1.54) is 23.8 Å². The van der Waals surface area contributed by atoms with Crippen LogP contribution in [0.3, 0.4) is 0 Å². The van der Waals surface area contributed by atoms with E-state index in [4.69, 9.17) is 0 Å². The van der Waals surface area contributed by atoms with Gasteiger partial charge in [-0.15, -0.1) is 0 Å². The quantitative estimate of drug-likeness (QED) is 0.513. The van der Waals surface area contributed by atoms with Crippen molar-refractivity contribution in [1.82, 2.24) is 5.32 Å². The summed E-state index contributed by atoms with van der Waals surface area (Å²) in [5, 5.41) is 2.40. The van der Waals surface area contributed by atoms with Gasteiger partial charge in [-0.25, -0.2) is 4.79 Å². The number of thioether (sulfide) groups is 1. The highest BCUT2D eigenvalue weighted by Gasteiger charge is 2.16. The van der Waals surface area contributed by atoms with Gasteiger partial charge in [-0.05, 0) is 54.2 Å². The molecule has 0 unspecified atom stereocenters. The standard InChI is InChI=1S/C13H11Br.C7H13NO3S/c1-10-7-8-12(14)9-13(10)11-5-3-2-4-6-11;1-11-7(10)6(8-5-9)3-4-12-2/h2-9H,1H3;5-6H,3-4H2,1-2H3,(H,8,9)/t;6-/m.0/s1. The molecule has 1 N–H and O–H groups in total. The zero-order valence-corrected chi connectivity index (χ0v) is 17.6. The van der Waals surface area contributed by atoms with E-state index in [0.717, 1.165) is 10.2 Å². The fourth-order valence-corrected chi connectivity index (χ4v) is 3.08. The molecule has 0 aliphatic rings. The summed E-state index contributed by atoms with van der Waals surface area (Å²) in [6.07, 6.45) is 3.06. The predicted molar refractivity (Wildman–Crippen MR) is 112 cm³/mol. The molecule has 6 heteroatoms. The van der Waals surface area contributed by atoms with Gasteiger partial charge in [-0.2, -0.15) is 11.8 Å². The van der Waals surface area contributed by atoms with Gasteiger partial charge in [0.05, 0.1) is 7.11 Å². The molecule has 1 atom stereocenters. The molecule has 0 radical (unpaired) electrons. The van der Waals surface area contributed by atoms with E-state index in [1.807, 2.05) is 12.3 Å². The maximum absolute atomic E-state index is 11.0. The molecule has 26 heavy (non-hydrogen) atoms. The number of carbonyl (C=O) groups excluding carboxylic acids is 2. The Morgan fingerprint density at radius 1 is 1.27 bits per heavy atom. The third-order valence-corrected chi connectivity index (χ3v) is 4.79. The molecule has 0 aromatic heterocycles. The molecule has 0 fully saturated rings. The fourth-order valence-electron chi connectivity index (χ4n) is 2.25. The molecule has 2 aromatic carbocycles. The molecule has 0 aliphatic heterocycles.